The minimum atomic E-state index is -0.989. The average Bonchev–Trinajstić information content (AvgIpc) is 2.27. The molecule has 0 spiro atoms. The summed E-state index contributed by atoms with van der Waals surface area (Å²) >= 11 is 0. The number of benzene rings is 1. The van der Waals surface area contributed by atoms with Gasteiger partial charge in [0.1, 0.15) is 18.8 Å². The van der Waals surface area contributed by atoms with Gasteiger partial charge in [0, 0.05) is 5.56 Å². The van der Waals surface area contributed by atoms with Gasteiger partial charge in [-0.1, -0.05) is 19.9 Å². The van der Waals surface area contributed by atoms with Crippen LogP contribution in [0.15, 0.2) is 12.1 Å². The van der Waals surface area contributed by atoms with Crippen LogP contribution in [0.1, 0.15) is 35.7 Å². The highest BCUT2D eigenvalue weighted by Gasteiger charge is 2.24. The summed E-state index contributed by atoms with van der Waals surface area (Å²) in [5, 5.41) is 9.03. The van der Waals surface area contributed by atoms with Crippen LogP contribution >= 0.6 is 0 Å². The van der Waals surface area contributed by atoms with Gasteiger partial charge in [-0.3, -0.25) is 0 Å². The molecule has 0 unspecified atom stereocenters. The van der Waals surface area contributed by atoms with Crippen molar-refractivity contribution in [3.63, 3.8) is 0 Å². The van der Waals surface area contributed by atoms with E-state index >= 15 is 0 Å². The third-order valence-corrected chi connectivity index (χ3v) is 2.57. The number of hydrogen-bond donors (Lipinski definition) is 1. The summed E-state index contributed by atoms with van der Waals surface area (Å²) < 4.78 is 10.9. The van der Waals surface area contributed by atoms with Crippen LogP contribution in [0.3, 0.4) is 0 Å². The topological polar surface area (TPSA) is 55.8 Å². The summed E-state index contributed by atoms with van der Waals surface area (Å²) in [6.07, 6.45) is 0. The SMILES string of the molecule is CC(C)c1ccc(C(=O)O)c2c1OCCO2. The van der Waals surface area contributed by atoms with E-state index in [-0.39, 0.29) is 11.5 Å². The molecule has 0 bridgehead atoms. The summed E-state index contributed by atoms with van der Waals surface area (Å²) in [5.74, 6) is 0.237. The number of aromatic carboxylic acids is 1. The molecule has 0 aromatic heterocycles. The summed E-state index contributed by atoms with van der Waals surface area (Å²) in [6.45, 7) is 4.94. The van der Waals surface area contributed by atoms with Crippen molar-refractivity contribution in [3.05, 3.63) is 23.3 Å². The Morgan fingerprint density at radius 3 is 2.44 bits per heavy atom. The zero-order valence-electron chi connectivity index (χ0n) is 9.32. The van der Waals surface area contributed by atoms with Crippen LogP contribution in [0.2, 0.25) is 0 Å². The lowest BCUT2D eigenvalue weighted by Gasteiger charge is -2.23. The number of rotatable bonds is 2. The molecule has 0 saturated carbocycles. The molecule has 1 aromatic carbocycles. The minimum Gasteiger partial charge on any atom is -0.486 e. The monoisotopic (exact) mass is 222 g/mol. The molecule has 0 atom stereocenters. The Hall–Kier alpha value is -1.71. The molecular weight excluding hydrogens is 208 g/mol. The predicted molar refractivity (Wildman–Crippen MR) is 58.5 cm³/mol. The zero-order valence-corrected chi connectivity index (χ0v) is 9.32. The Morgan fingerprint density at radius 2 is 1.88 bits per heavy atom. The lowest BCUT2D eigenvalue weighted by molar-refractivity contribution is 0.0686. The van der Waals surface area contributed by atoms with Crippen LogP contribution in [0, 0.1) is 0 Å². The van der Waals surface area contributed by atoms with E-state index in [9.17, 15) is 4.79 Å². The Morgan fingerprint density at radius 1 is 1.25 bits per heavy atom. The summed E-state index contributed by atoms with van der Waals surface area (Å²) in [4.78, 5) is 11.0. The van der Waals surface area contributed by atoms with Crippen LogP contribution in [0.4, 0.5) is 0 Å². The van der Waals surface area contributed by atoms with Crippen LogP contribution in [0.5, 0.6) is 11.5 Å². The lowest BCUT2D eigenvalue weighted by Crippen LogP contribution is -2.19. The van der Waals surface area contributed by atoms with Gasteiger partial charge in [-0.05, 0) is 12.0 Å². The molecule has 0 saturated heterocycles. The van der Waals surface area contributed by atoms with E-state index in [0.717, 1.165) is 5.56 Å². The van der Waals surface area contributed by atoms with Crippen molar-refractivity contribution >= 4 is 5.97 Å². The van der Waals surface area contributed by atoms with Crippen molar-refractivity contribution in [2.75, 3.05) is 13.2 Å². The molecule has 0 radical (unpaired) electrons. The molecule has 0 aliphatic carbocycles. The van der Waals surface area contributed by atoms with Gasteiger partial charge in [0.05, 0.1) is 0 Å². The summed E-state index contributed by atoms with van der Waals surface area (Å²) in [5.41, 5.74) is 1.15. The van der Waals surface area contributed by atoms with E-state index in [2.05, 4.69) is 0 Å². The third-order valence-electron chi connectivity index (χ3n) is 2.57. The number of carbonyl (C=O) groups is 1. The second-order valence-corrected chi connectivity index (χ2v) is 4.02. The molecular formula is C12H14O4. The molecule has 4 nitrogen and oxygen atoms in total. The molecule has 2 rings (SSSR count). The fourth-order valence-corrected chi connectivity index (χ4v) is 1.78. The standard InChI is InChI=1S/C12H14O4/c1-7(2)8-3-4-9(12(13)14)11-10(8)15-5-6-16-11/h3-4,7H,5-6H2,1-2H3,(H,13,14). The first-order valence-electron chi connectivity index (χ1n) is 5.27. The predicted octanol–water partition coefficient (Wildman–Crippen LogP) is 2.28. The smallest absolute Gasteiger partial charge is 0.339 e. The lowest BCUT2D eigenvalue weighted by atomic mass is 9.99. The van der Waals surface area contributed by atoms with Crippen LogP contribution in [-0.4, -0.2) is 24.3 Å². The quantitative estimate of drug-likeness (QED) is 0.834. The number of carboxylic acids is 1. The normalized spacial score (nSPS) is 13.9. The van der Waals surface area contributed by atoms with E-state index in [1.807, 2.05) is 13.8 Å². The first-order chi connectivity index (χ1) is 7.61. The van der Waals surface area contributed by atoms with Gasteiger partial charge in [-0.2, -0.15) is 0 Å². The Bertz CT molecular complexity index is 423. The fraction of sp³-hybridized carbons (Fsp3) is 0.417. The van der Waals surface area contributed by atoms with E-state index in [0.29, 0.717) is 24.7 Å². The van der Waals surface area contributed by atoms with Crippen LogP contribution in [-0.2, 0) is 0 Å². The van der Waals surface area contributed by atoms with Crippen molar-refractivity contribution < 1.29 is 19.4 Å². The number of ether oxygens (including phenoxy) is 2. The van der Waals surface area contributed by atoms with Gasteiger partial charge >= 0.3 is 5.97 Å². The highest BCUT2D eigenvalue weighted by atomic mass is 16.6. The zero-order chi connectivity index (χ0) is 11.7. The minimum absolute atomic E-state index is 0.166. The first-order valence-corrected chi connectivity index (χ1v) is 5.27. The molecule has 1 aliphatic rings. The van der Waals surface area contributed by atoms with Crippen molar-refractivity contribution in [1.29, 1.82) is 0 Å². The van der Waals surface area contributed by atoms with Gasteiger partial charge < -0.3 is 14.6 Å². The largest absolute Gasteiger partial charge is 0.486 e. The highest BCUT2D eigenvalue weighted by Crippen LogP contribution is 2.40. The summed E-state index contributed by atoms with van der Waals surface area (Å²) in [6, 6.07) is 3.37. The number of fused-ring (bicyclic) bond motifs is 1. The summed E-state index contributed by atoms with van der Waals surface area (Å²) in [7, 11) is 0. The fourth-order valence-electron chi connectivity index (χ4n) is 1.78. The molecule has 1 N–H and O–H groups in total. The third kappa shape index (κ3) is 1.71. The van der Waals surface area contributed by atoms with E-state index < -0.39 is 5.97 Å². The van der Waals surface area contributed by atoms with Gasteiger partial charge in [-0.25, -0.2) is 4.79 Å². The second kappa shape index (κ2) is 4.04. The van der Waals surface area contributed by atoms with Crippen LogP contribution in [0.25, 0.3) is 0 Å². The van der Waals surface area contributed by atoms with Crippen LogP contribution < -0.4 is 9.47 Å². The Balaban J connectivity index is 2.59. The van der Waals surface area contributed by atoms with E-state index in [1.54, 1.807) is 12.1 Å². The maximum Gasteiger partial charge on any atom is 0.339 e. The molecule has 0 fully saturated rings. The molecule has 1 heterocycles. The second-order valence-electron chi connectivity index (χ2n) is 4.02. The maximum atomic E-state index is 11.0. The first kappa shape index (κ1) is 10.8. The Labute approximate surface area is 93.8 Å². The highest BCUT2D eigenvalue weighted by molar-refractivity contribution is 5.92. The van der Waals surface area contributed by atoms with E-state index in [4.69, 9.17) is 14.6 Å². The number of hydrogen-bond acceptors (Lipinski definition) is 3. The molecule has 0 amide bonds. The molecule has 4 heteroatoms. The molecule has 1 aliphatic heterocycles. The van der Waals surface area contributed by atoms with Crippen molar-refractivity contribution in [3.8, 4) is 11.5 Å². The number of carboxylic acid groups (broad SMARTS) is 1. The van der Waals surface area contributed by atoms with Gasteiger partial charge in [0.15, 0.2) is 11.5 Å². The van der Waals surface area contributed by atoms with Gasteiger partial charge in [0.2, 0.25) is 0 Å². The van der Waals surface area contributed by atoms with Crippen molar-refractivity contribution in [2.45, 2.75) is 19.8 Å². The van der Waals surface area contributed by atoms with Gasteiger partial charge in [-0.15, -0.1) is 0 Å². The molecule has 1 aromatic rings. The molecule has 86 valence electrons. The Kier molecular flexibility index (Phi) is 2.73. The average molecular weight is 222 g/mol. The van der Waals surface area contributed by atoms with Crippen molar-refractivity contribution in [1.82, 2.24) is 0 Å². The van der Waals surface area contributed by atoms with E-state index in [1.165, 1.54) is 0 Å². The maximum absolute atomic E-state index is 11.0. The molecule has 16 heavy (non-hydrogen) atoms. The van der Waals surface area contributed by atoms with Gasteiger partial charge in [0.25, 0.3) is 0 Å². The van der Waals surface area contributed by atoms with Crippen molar-refractivity contribution in [2.24, 2.45) is 0 Å².